The fourth-order valence-electron chi connectivity index (χ4n) is 4.11. The van der Waals surface area contributed by atoms with E-state index in [9.17, 15) is 13.2 Å². The summed E-state index contributed by atoms with van der Waals surface area (Å²) < 4.78 is 31.0. The molecule has 0 aromatic rings. The molecular formula is C21H39NO4S. The van der Waals surface area contributed by atoms with Gasteiger partial charge in [-0.05, 0) is 44.9 Å². The summed E-state index contributed by atoms with van der Waals surface area (Å²) in [5, 5.41) is 2.72. The zero-order chi connectivity index (χ0) is 20.5. The minimum absolute atomic E-state index is 0.175. The topological polar surface area (TPSA) is 83.5 Å². The highest BCUT2D eigenvalue weighted by Gasteiger charge is 2.28. The lowest BCUT2D eigenvalue weighted by Crippen LogP contribution is -2.49. The van der Waals surface area contributed by atoms with Crippen LogP contribution in [0, 0.1) is 17.8 Å². The van der Waals surface area contributed by atoms with Gasteiger partial charge in [0.05, 0.1) is 11.3 Å². The summed E-state index contributed by atoms with van der Waals surface area (Å²) in [6.45, 7) is 7.33. The van der Waals surface area contributed by atoms with Crippen LogP contribution in [0.1, 0.15) is 85.5 Å². The fourth-order valence-corrected chi connectivity index (χ4v) is 5.10. The maximum absolute atomic E-state index is 12.3. The van der Waals surface area contributed by atoms with Gasteiger partial charge in [-0.25, -0.2) is 0 Å². The van der Waals surface area contributed by atoms with Gasteiger partial charge in [0.15, 0.2) is 0 Å². The molecule has 0 heterocycles. The van der Waals surface area contributed by atoms with Crippen molar-refractivity contribution < 1.29 is 17.8 Å². The number of allylic oxidation sites excluding steroid dienone is 2. The molecule has 5 nitrogen and oxygen atoms in total. The van der Waals surface area contributed by atoms with Crippen LogP contribution in [0.25, 0.3) is 0 Å². The molecule has 1 aliphatic rings. The Hall–Kier alpha value is -0.880. The Bertz CT molecular complexity index is 577. The molecular weight excluding hydrogens is 362 g/mol. The Labute approximate surface area is 166 Å². The molecule has 2 unspecified atom stereocenters. The summed E-state index contributed by atoms with van der Waals surface area (Å²) in [6, 6.07) is 0. The van der Waals surface area contributed by atoms with Crippen molar-refractivity contribution in [3.8, 4) is 0 Å². The first-order chi connectivity index (χ1) is 12.5. The van der Waals surface area contributed by atoms with Crippen LogP contribution in [0.15, 0.2) is 12.2 Å². The quantitative estimate of drug-likeness (QED) is 0.387. The average molecular weight is 402 g/mol. The van der Waals surface area contributed by atoms with Crippen LogP contribution in [0.4, 0.5) is 0 Å². The van der Waals surface area contributed by atoms with E-state index < -0.39 is 21.4 Å². The van der Waals surface area contributed by atoms with Gasteiger partial charge in [-0.1, -0.05) is 64.5 Å². The van der Waals surface area contributed by atoms with Crippen LogP contribution >= 0.6 is 0 Å². The number of hydrogen-bond acceptors (Lipinski definition) is 3. The second-order valence-electron chi connectivity index (χ2n) is 8.85. The van der Waals surface area contributed by atoms with E-state index in [4.69, 9.17) is 4.55 Å². The smallest absolute Gasteiger partial charge is 0.267 e. The highest BCUT2D eigenvalue weighted by molar-refractivity contribution is 7.85. The van der Waals surface area contributed by atoms with Crippen LogP contribution in [0.3, 0.4) is 0 Å². The first kappa shape index (κ1) is 24.2. The molecule has 0 spiro atoms. The van der Waals surface area contributed by atoms with E-state index in [1.165, 1.54) is 38.5 Å². The van der Waals surface area contributed by atoms with Crippen LogP contribution < -0.4 is 5.32 Å². The van der Waals surface area contributed by atoms with Gasteiger partial charge in [-0.2, -0.15) is 8.42 Å². The zero-order valence-electron chi connectivity index (χ0n) is 17.5. The van der Waals surface area contributed by atoms with Crippen molar-refractivity contribution in [1.82, 2.24) is 5.32 Å². The van der Waals surface area contributed by atoms with E-state index in [-0.39, 0.29) is 11.8 Å². The third kappa shape index (κ3) is 10.3. The summed E-state index contributed by atoms with van der Waals surface area (Å²) in [7, 11) is -4.12. The van der Waals surface area contributed by atoms with Crippen LogP contribution in [0.2, 0.25) is 0 Å². The summed E-state index contributed by atoms with van der Waals surface area (Å²) in [5.41, 5.74) is -0.983. The number of carbonyl (C=O) groups excluding carboxylic acids is 1. The number of rotatable bonds is 11. The number of amides is 1. The van der Waals surface area contributed by atoms with Gasteiger partial charge in [0.2, 0.25) is 5.91 Å². The van der Waals surface area contributed by atoms with Gasteiger partial charge < -0.3 is 5.32 Å². The molecule has 158 valence electrons. The molecule has 2 N–H and O–H groups in total. The van der Waals surface area contributed by atoms with Crippen molar-refractivity contribution in [3.63, 3.8) is 0 Å². The van der Waals surface area contributed by atoms with E-state index in [2.05, 4.69) is 24.4 Å². The van der Waals surface area contributed by atoms with E-state index in [0.717, 1.165) is 31.1 Å². The summed E-state index contributed by atoms with van der Waals surface area (Å²) in [5.74, 6) is 0.797. The van der Waals surface area contributed by atoms with Gasteiger partial charge in [0.25, 0.3) is 10.1 Å². The highest BCUT2D eigenvalue weighted by atomic mass is 32.2. The van der Waals surface area contributed by atoms with Gasteiger partial charge >= 0.3 is 0 Å². The van der Waals surface area contributed by atoms with Crippen LogP contribution in [-0.2, 0) is 14.9 Å². The number of carbonyl (C=O) groups is 1. The minimum atomic E-state index is -4.12. The van der Waals surface area contributed by atoms with Gasteiger partial charge in [0.1, 0.15) is 0 Å². The largest absolute Gasteiger partial charge is 0.350 e. The van der Waals surface area contributed by atoms with Gasteiger partial charge in [-0.15, -0.1) is 0 Å². The van der Waals surface area contributed by atoms with Crippen molar-refractivity contribution in [2.75, 3.05) is 5.75 Å². The molecule has 0 saturated heterocycles. The van der Waals surface area contributed by atoms with E-state index in [0.29, 0.717) is 0 Å². The van der Waals surface area contributed by atoms with Crippen LogP contribution in [0.5, 0.6) is 0 Å². The SMILES string of the molecule is CCC(CC=CCCC(C)C(=O)NC(C)(C)CS(=O)(=O)O)C1CCCCC1. The summed E-state index contributed by atoms with van der Waals surface area (Å²) in [4.78, 5) is 12.3. The Morgan fingerprint density at radius 3 is 2.41 bits per heavy atom. The van der Waals surface area contributed by atoms with Gasteiger partial charge in [0, 0.05) is 5.92 Å². The Balaban J connectivity index is 2.35. The fraction of sp³-hybridized carbons (Fsp3) is 0.857. The highest BCUT2D eigenvalue weighted by Crippen LogP contribution is 2.33. The average Bonchev–Trinajstić information content (AvgIpc) is 2.56. The maximum Gasteiger partial charge on any atom is 0.267 e. The molecule has 0 aromatic heterocycles. The first-order valence-corrected chi connectivity index (χ1v) is 12.1. The predicted molar refractivity (Wildman–Crippen MR) is 111 cm³/mol. The normalized spacial score (nSPS) is 19.1. The lowest BCUT2D eigenvalue weighted by atomic mass is 9.77. The second kappa shape index (κ2) is 11.2. The molecule has 0 radical (unpaired) electrons. The van der Waals surface area contributed by atoms with E-state index >= 15 is 0 Å². The van der Waals surface area contributed by atoms with E-state index in [1.54, 1.807) is 13.8 Å². The third-order valence-corrected chi connectivity index (χ3v) is 6.75. The van der Waals surface area contributed by atoms with Gasteiger partial charge in [-0.3, -0.25) is 9.35 Å². The molecule has 1 fully saturated rings. The second-order valence-corrected chi connectivity index (χ2v) is 10.3. The molecule has 27 heavy (non-hydrogen) atoms. The molecule has 0 bridgehead atoms. The summed E-state index contributed by atoms with van der Waals surface area (Å²) >= 11 is 0. The number of nitrogens with one attached hydrogen (secondary N) is 1. The Kier molecular flexibility index (Phi) is 10.0. The molecule has 6 heteroatoms. The standard InChI is InChI=1S/C21H39NO4S/c1-5-18(19-14-10-7-11-15-19)13-9-6-8-12-17(2)20(23)22-21(3,4)16-27(24,25)26/h6,9,17-19H,5,7-8,10-16H2,1-4H3,(H,22,23)(H,24,25,26). The summed E-state index contributed by atoms with van der Waals surface area (Å²) in [6.07, 6.45) is 15.3. The first-order valence-electron chi connectivity index (χ1n) is 10.5. The maximum atomic E-state index is 12.3. The van der Waals surface area contributed by atoms with Crippen molar-refractivity contribution in [2.45, 2.75) is 91.0 Å². The molecule has 2 atom stereocenters. The van der Waals surface area contributed by atoms with Crippen molar-refractivity contribution in [2.24, 2.45) is 17.8 Å². The lowest BCUT2D eigenvalue weighted by molar-refractivity contribution is -0.126. The molecule has 0 aliphatic heterocycles. The molecule has 1 saturated carbocycles. The molecule has 1 aliphatic carbocycles. The van der Waals surface area contributed by atoms with Crippen molar-refractivity contribution >= 4 is 16.0 Å². The van der Waals surface area contributed by atoms with Crippen molar-refractivity contribution in [3.05, 3.63) is 12.2 Å². The zero-order valence-corrected chi connectivity index (χ0v) is 18.4. The molecule has 1 rings (SSSR count). The lowest BCUT2D eigenvalue weighted by Gasteiger charge is -2.28. The number of hydrogen-bond donors (Lipinski definition) is 2. The Morgan fingerprint density at radius 1 is 1.22 bits per heavy atom. The minimum Gasteiger partial charge on any atom is -0.350 e. The third-order valence-electron chi connectivity index (χ3n) is 5.67. The molecule has 1 amide bonds. The van der Waals surface area contributed by atoms with E-state index in [1.807, 2.05) is 6.92 Å². The Morgan fingerprint density at radius 2 is 1.85 bits per heavy atom. The predicted octanol–water partition coefficient (Wildman–Crippen LogP) is 4.74. The monoisotopic (exact) mass is 401 g/mol. The van der Waals surface area contributed by atoms with Crippen LogP contribution in [-0.4, -0.2) is 30.2 Å². The molecule has 0 aromatic carbocycles. The van der Waals surface area contributed by atoms with Crippen molar-refractivity contribution in [1.29, 1.82) is 0 Å².